The standard InChI is InChI=1S/C15H23FN2/c1-2-18(11-12-6-7-12)9-8-15(17)13-4-3-5-14(16)10-13/h3-5,10,12,15H,2,6-9,11,17H2,1H3. The third-order valence-electron chi connectivity index (χ3n) is 3.69. The third-order valence-corrected chi connectivity index (χ3v) is 3.69. The highest BCUT2D eigenvalue weighted by Crippen LogP contribution is 2.29. The molecule has 3 heteroatoms. The van der Waals surface area contributed by atoms with Crippen LogP contribution in [0.15, 0.2) is 24.3 Å². The van der Waals surface area contributed by atoms with Gasteiger partial charge in [0.25, 0.3) is 0 Å². The molecule has 1 aromatic rings. The van der Waals surface area contributed by atoms with Crippen LogP contribution in [0.5, 0.6) is 0 Å². The molecular weight excluding hydrogens is 227 g/mol. The van der Waals surface area contributed by atoms with Crippen molar-refractivity contribution in [1.82, 2.24) is 4.90 Å². The fourth-order valence-electron chi connectivity index (χ4n) is 2.27. The van der Waals surface area contributed by atoms with Gasteiger partial charge in [-0.3, -0.25) is 0 Å². The molecule has 1 aliphatic rings. The molecule has 0 amide bonds. The SMILES string of the molecule is CCN(CCC(N)c1cccc(F)c1)CC1CC1. The molecule has 0 heterocycles. The molecule has 1 aliphatic carbocycles. The first-order chi connectivity index (χ1) is 8.69. The topological polar surface area (TPSA) is 29.3 Å². The molecule has 100 valence electrons. The molecule has 0 aromatic heterocycles. The second-order valence-corrected chi connectivity index (χ2v) is 5.29. The molecule has 2 rings (SSSR count). The minimum absolute atomic E-state index is 0.0612. The summed E-state index contributed by atoms with van der Waals surface area (Å²) in [6.45, 7) is 5.47. The van der Waals surface area contributed by atoms with Crippen LogP contribution < -0.4 is 5.73 Å². The summed E-state index contributed by atoms with van der Waals surface area (Å²) < 4.78 is 13.1. The van der Waals surface area contributed by atoms with Crippen LogP contribution in [0.1, 0.15) is 37.8 Å². The first kappa shape index (κ1) is 13.5. The summed E-state index contributed by atoms with van der Waals surface area (Å²) in [4.78, 5) is 2.46. The van der Waals surface area contributed by atoms with Crippen LogP contribution in [0.3, 0.4) is 0 Å². The van der Waals surface area contributed by atoms with Gasteiger partial charge >= 0.3 is 0 Å². The summed E-state index contributed by atoms with van der Waals surface area (Å²) in [7, 11) is 0. The van der Waals surface area contributed by atoms with Gasteiger partial charge < -0.3 is 10.6 Å². The molecule has 1 unspecified atom stereocenters. The molecule has 18 heavy (non-hydrogen) atoms. The molecule has 1 atom stereocenters. The monoisotopic (exact) mass is 250 g/mol. The Hall–Kier alpha value is -0.930. The van der Waals surface area contributed by atoms with Crippen LogP contribution in [0.25, 0.3) is 0 Å². The smallest absolute Gasteiger partial charge is 0.123 e. The summed E-state index contributed by atoms with van der Waals surface area (Å²) in [6.07, 6.45) is 3.66. The highest BCUT2D eigenvalue weighted by Gasteiger charge is 2.23. The number of rotatable bonds is 7. The number of benzene rings is 1. The Morgan fingerprint density at radius 2 is 2.22 bits per heavy atom. The van der Waals surface area contributed by atoms with E-state index in [0.29, 0.717) is 0 Å². The van der Waals surface area contributed by atoms with E-state index >= 15 is 0 Å². The molecule has 0 aliphatic heterocycles. The summed E-state index contributed by atoms with van der Waals surface area (Å²) >= 11 is 0. The lowest BCUT2D eigenvalue weighted by molar-refractivity contribution is 0.266. The maximum absolute atomic E-state index is 13.1. The zero-order valence-corrected chi connectivity index (χ0v) is 11.1. The van der Waals surface area contributed by atoms with Crippen molar-refractivity contribution in [2.75, 3.05) is 19.6 Å². The van der Waals surface area contributed by atoms with Crippen LogP contribution >= 0.6 is 0 Å². The van der Waals surface area contributed by atoms with Gasteiger partial charge in [-0.15, -0.1) is 0 Å². The van der Waals surface area contributed by atoms with Crippen molar-refractivity contribution in [3.63, 3.8) is 0 Å². The lowest BCUT2D eigenvalue weighted by atomic mass is 10.0. The van der Waals surface area contributed by atoms with E-state index in [1.807, 2.05) is 6.07 Å². The molecule has 2 nitrogen and oxygen atoms in total. The van der Waals surface area contributed by atoms with Crippen LogP contribution in [-0.2, 0) is 0 Å². The van der Waals surface area contributed by atoms with Gasteiger partial charge in [-0.2, -0.15) is 0 Å². The first-order valence-electron chi connectivity index (χ1n) is 6.92. The van der Waals surface area contributed by atoms with Crippen LogP contribution in [-0.4, -0.2) is 24.5 Å². The lowest BCUT2D eigenvalue weighted by Crippen LogP contribution is -2.29. The van der Waals surface area contributed by atoms with Crippen molar-refractivity contribution in [1.29, 1.82) is 0 Å². The highest BCUT2D eigenvalue weighted by atomic mass is 19.1. The zero-order chi connectivity index (χ0) is 13.0. The quantitative estimate of drug-likeness (QED) is 0.806. The summed E-state index contributed by atoms with van der Waals surface area (Å²) in [5.74, 6) is 0.712. The van der Waals surface area contributed by atoms with E-state index in [4.69, 9.17) is 5.73 Å². The van der Waals surface area contributed by atoms with Crippen molar-refractivity contribution >= 4 is 0 Å². The Kier molecular flexibility index (Phi) is 4.72. The number of nitrogens with zero attached hydrogens (tertiary/aromatic N) is 1. The third kappa shape index (κ3) is 4.07. The average molecular weight is 250 g/mol. The molecular formula is C15H23FN2. The largest absolute Gasteiger partial charge is 0.324 e. The maximum Gasteiger partial charge on any atom is 0.123 e. The Labute approximate surface area is 109 Å². The summed E-state index contributed by atoms with van der Waals surface area (Å²) in [5, 5.41) is 0. The second kappa shape index (κ2) is 6.30. The minimum Gasteiger partial charge on any atom is -0.324 e. The van der Waals surface area contributed by atoms with Crippen LogP contribution in [0.4, 0.5) is 4.39 Å². The Morgan fingerprint density at radius 1 is 1.44 bits per heavy atom. The highest BCUT2D eigenvalue weighted by molar-refractivity contribution is 5.19. The molecule has 0 bridgehead atoms. The van der Waals surface area contributed by atoms with E-state index in [-0.39, 0.29) is 11.9 Å². The van der Waals surface area contributed by atoms with Gasteiger partial charge in [0.15, 0.2) is 0 Å². The fourth-order valence-corrected chi connectivity index (χ4v) is 2.27. The molecule has 0 radical (unpaired) electrons. The molecule has 1 aromatic carbocycles. The van der Waals surface area contributed by atoms with Crippen LogP contribution in [0.2, 0.25) is 0 Å². The fraction of sp³-hybridized carbons (Fsp3) is 0.600. The van der Waals surface area contributed by atoms with Gasteiger partial charge in [-0.25, -0.2) is 4.39 Å². The summed E-state index contributed by atoms with van der Waals surface area (Å²) in [5.41, 5.74) is 7.02. The van der Waals surface area contributed by atoms with Gasteiger partial charge in [-0.1, -0.05) is 19.1 Å². The minimum atomic E-state index is -0.201. The number of halogens is 1. The van der Waals surface area contributed by atoms with Crippen molar-refractivity contribution < 1.29 is 4.39 Å². The number of hydrogen-bond donors (Lipinski definition) is 1. The number of nitrogens with two attached hydrogens (primary N) is 1. The van der Waals surface area contributed by atoms with Crippen molar-refractivity contribution in [2.45, 2.75) is 32.2 Å². The van der Waals surface area contributed by atoms with E-state index in [0.717, 1.165) is 31.0 Å². The van der Waals surface area contributed by atoms with E-state index in [1.54, 1.807) is 12.1 Å². The molecule has 0 spiro atoms. The maximum atomic E-state index is 13.1. The van der Waals surface area contributed by atoms with E-state index in [2.05, 4.69) is 11.8 Å². The normalized spacial score (nSPS) is 17.1. The van der Waals surface area contributed by atoms with E-state index < -0.39 is 0 Å². The summed E-state index contributed by atoms with van der Waals surface area (Å²) in [6, 6.07) is 6.58. The van der Waals surface area contributed by atoms with E-state index in [9.17, 15) is 4.39 Å². The first-order valence-corrected chi connectivity index (χ1v) is 6.92. The molecule has 2 N–H and O–H groups in total. The van der Waals surface area contributed by atoms with Gasteiger partial charge in [0.05, 0.1) is 0 Å². The van der Waals surface area contributed by atoms with Crippen LogP contribution in [0, 0.1) is 11.7 Å². The van der Waals surface area contributed by atoms with Gasteiger partial charge in [0, 0.05) is 12.6 Å². The van der Waals surface area contributed by atoms with Crippen molar-refractivity contribution in [2.24, 2.45) is 11.7 Å². The van der Waals surface area contributed by atoms with Gasteiger partial charge in [-0.05, 0) is 56.0 Å². The predicted octanol–water partition coefficient (Wildman–Crippen LogP) is 2.95. The van der Waals surface area contributed by atoms with Crippen molar-refractivity contribution in [3.8, 4) is 0 Å². The Balaban J connectivity index is 1.80. The predicted molar refractivity (Wildman–Crippen MR) is 72.8 cm³/mol. The second-order valence-electron chi connectivity index (χ2n) is 5.29. The number of hydrogen-bond acceptors (Lipinski definition) is 2. The lowest BCUT2D eigenvalue weighted by Gasteiger charge is -2.22. The Bertz CT molecular complexity index is 377. The van der Waals surface area contributed by atoms with Crippen molar-refractivity contribution in [3.05, 3.63) is 35.6 Å². The average Bonchev–Trinajstić information content (AvgIpc) is 3.18. The molecule has 1 fully saturated rings. The van der Waals surface area contributed by atoms with Gasteiger partial charge in [0.1, 0.15) is 5.82 Å². The Morgan fingerprint density at radius 3 is 2.83 bits per heavy atom. The molecule has 1 saturated carbocycles. The van der Waals surface area contributed by atoms with Gasteiger partial charge in [0.2, 0.25) is 0 Å². The zero-order valence-electron chi connectivity index (χ0n) is 11.1. The van der Waals surface area contributed by atoms with E-state index in [1.165, 1.54) is 25.5 Å². The molecule has 0 saturated heterocycles.